The number of amides is 1. The number of hydrogen-bond acceptors (Lipinski definition) is 4. The minimum atomic E-state index is -4.25. The lowest BCUT2D eigenvalue weighted by Gasteiger charge is -2.14. The molecule has 0 fully saturated rings. The summed E-state index contributed by atoms with van der Waals surface area (Å²) >= 11 is 2.86. The van der Waals surface area contributed by atoms with Crippen molar-refractivity contribution in [1.29, 1.82) is 0 Å². The normalized spacial score (nSPS) is 12.9. The Balaban J connectivity index is 3.09. The van der Waals surface area contributed by atoms with Crippen LogP contribution in [0.4, 0.5) is 4.39 Å². The third kappa shape index (κ3) is 4.25. The molecule has 10 heteroatoms. The molecule has 1 aromatic rings. The van der Waals surface area contributed by atoms with Crippen LogP contribution in [-0.2, 0) is 19.6 Å². The van der Waals surface area contributed by atoms with E-state index in [-0.39, 0.29) is 9.37 Å². The van der Waals surface area contributed by atoms with Crippen LogP contribution in [0.25, 0.3) is 0 Å². The zero-order chi connectivity index (χ0) is 15.5. The molecule has 1 rings (SSSR count). The molecule has 110 valence electrons. The Morgan fingerprint density at radius 2 is 2.05 bits per heavy atom. The van der Waals surface area contributed by atoms with Crippen LogP contribution in [0.3, 0.4) is 0 Å². The van der Waals surface area contributed by atoms with Gasteiger partial charge >= 0.3 is 5.97 Å². The van der Waals surface area contributed by atoms with Crippen molar-refractivity contribution < 1.29 is 27.5 Å². The maximum Gasteiger partial charge on any atom is 0.322 e. The molecule has 0 aliphatic heterocycles. The van der Waals surface area contributed by atoms with Gasteiger partial charge in [0.25, 0.3) is 0 Å². The molecule has 0 saturated carbocycles. The highest BCUT2D eigenvalue weighted by Crippen LogP contribution is 2.23. The molecule has 0 saturated heterocycles. The summed E-state index contributed by atoms with van der Waals surface area (Å²) in [7, 11) is -4.25. The van der Waals surface area contributed by atoms with Crippen molar-refractivity contribution in [2.24, 2.45) is 5.73 Å². The zero-order valence-electron chi connectivity index (χ0n) is 9.84. The van der Waals surface area contributed by atoms with Gasteiger partial charge in [0, 0.05) is 4.47 Å². The molecule has 0 bridgehead atoms. The van der Waals surface area contributed by atoms with Gasteiger partial charge in [0.1, 0.15) is 11.9 Å². The van der Waals surface area contributed by atoms with Crippen molar-refractivity contribution in [3.05, 3.63) is 28.5 Å². The summed E-state index contributed by atoms with van der Waals surface area (Å²) in [6, 6.07) is 1.08. The molecule has 0 spiro atoms. The van der Waals surface area contributed by atoms with Gasteiger partial charge in [0.05, 0.1) is 11.3 Å². The number of carboxylic acid groups (broad SMARTS) is 1. The van der Waals surface area contributed by atoms with E-state index in [1.54, 1.807) is 0 Å². The van der Waals surface area contributed by atoms with Crippen molar-refractivity contribution in [3.8, 4) is 0 Å². The highest BCUT2D eigenvalue weighted by Gasteiger charge is 2.28. The molecule has 20 heavy (non-hydrogen) atoms. The Labute approximate surface area is 122 Å². The van der Waals surface area contributed by atoms with Crippen LogP contribution < -0.4 is 10.5 Å². The summed E-state index contributed by atoms with van der Waals surface area (Å²) < 4.78 is 38.6. The third-order valence-electron chi connectivity index (χ3n) is 2.18. The quantitative estimate of drug-likeness (QED) is 0.660. The smallest absolute Gasteiger partial charge is 0.322 e. The summed E-state index contributed by atoms with van der Waals surface area (Å²) in [5.74, 6) is -3.19. The summed E-state index contributed by atoms with van der Waals surface area (Å²) in [6.45, 7) is 0. The first kappa shape index (κ1) is 16.5. The van der Waals surface area contributed by atoms with E-state index in [2.05, 4.69) is 15.9 Å². The second-order valence-corrected chi connectivity index (χ2v) is 6.29. The molecule has 0 heterocycles. The molecule has 0 unspecified atom stereocenters. The average molecular weight is 369 g/mol. The van der Waals surface area contributed by atoms with Crippen LogP contribution in [0.1, 0.15) is 6.42 Å². The van der Waals surface area contributed by atoms with Crippen molar-refractivity contribution in [3.63, 3.8) is 0 Å². The monoisotopic (exact) mass is 368 g/mol. The first-order valence-electron chi connectivity index (χ1n) is 5.12. The SMILES string of the molecule is NC(=O)C[C@@H](NS(=O)(=O)c1ccc(F)cc1Br)C(=O)O. The minimum Gasteiger partial charge on any atom is -0.480 e. The third-order valence-corrected chi connectivity index (χ3v) is 4.63. The van der Waals surface area contributed by atoms with Gasteiger partial charge < -0.3 is 10.8 Å². The van der Waals surface area contributed by atoms with Crippen LogP contribution in [0.15, 0.2) is 27.6 Å². The molecule has 7 nitrogen and oxygen atoms in total. The molecular formula is C10H10BrFN2O5S. The van der Waals surface area contributed by atoms with Crippen molar-refractivity contribution in [1.82, 2.24) is 4.72 Å². The highest BCUT2D eigenvalue weighted by molar-refractivity contribution is 9.10. The van der Waals surface area contributed by atoms with E-state index in [9.17, 15) is 22.4 Å². The lowest BCUT2D eigenvalue weighted by atomic mass is 10.2. The molecule has 0 aromatic heterocycles. The number of rotatable bonds is 6. The minimum absolute atomic E-state index is 0.0757. The van der Waals surface area contributed by atoms with E-state index in [0.717, 1.165) is 18.2 Å². The molecular weight excluding hydrogens is 359 g/mol. The van der Waals surface area contributed by atoms with Crippen LogP contribution in [0.2, 0.25) is 0 Å². The Morgan fingerprint density at radius 3 is 2.50 bits per heavy atom. The number of nitrogens with one attached hydrogen (secondary N) is 1. The predicted octanol–water partition coefficient (Wildman–Crippen LogP) is 0.195. The Kier molecular flexibility index (Phi) is 5.20. The van der Waals surface area contributed by atoms with Gasteiger partial charge in [-0.2, -0.15) is 4.72 Å². The molecule has 0 aliphatic rings. The summed E-state index contributed by atoms with van der Waals surface area (Å²) in [4.78, 5) is 21.2. The predicted molar refractivity (Wildman–Crippen MR) is 69.7 cm³/mol. The molecule has 0 radical (unpaired) electrons. The van der Waals surface area contributed by atoms with Crippen molar-refractivity contribution in [2.45, 2.75) is 17.4 Å². The first-order chi connectivity index (χ1) is 9.13. The van der Waals surface area contributed by atoms with E-state index in [4.69, 9.17) is 10.8 Å². The number of halogens is 2. The molecule has 1 amide bonds. The maximum atomic E-state index is 12.9. The fourth-order valence-electron chi connectivity index (χ4n) is 1.32. The second-order valence-electron chi connectivity index (χ2n) is 3.76. The van der Waals surface area contributed by atoms with Gasteiger partial charge in [-0.15, -0.1) is 0 Å². The topological polar surface area (TPSA) is 127 Å². The van der Waals surface area contributed by atoms with Crippen LogP contribution in [0, 0.1) is 5.82 Å². The van der Waals surface area contributed by atoms with Gasteiger partial charge in [-0.3, -0.25) is 9.59 Å². The lowest BCUT2D eigenvalue weighted by molar-refractivity contribution is -0.140. The highest BCUT2D eigenvalue weighted by atomic mass is 79.9. The summed E-state index contributed by atoms with van der Waals surface area (Å²) in [5.41, 5.74) is 4.84. The van der Waals surface area contributed by atoms with Crippen molar-refractivity contribution >= 4 is 37.8 Å². The van der Waals surface area contributed by atoms with Gasteiger partial charge in [-0.1, -0.05) is 0 Å². The number of carbonyl (C=O) groups is 2. The van der Waals surface area contributed by atoms with Gasteiger partial charge in [-0.25, -0.2) is 12.8 Å². The standard InChI is InChI=1S/C10H10BrFN2O5S/c11-6-3-5(12)1-2-8(6)20(18,19)14-7(10(16)17)4-9(13)15/h1-3,7,14H,4H2,(H2,13,15)(H,16,17)/t7-/m1/s1. The van der Waals surface area contributed by atoms with Crippen LogP contribution in [0.5, 0.6) is 0 Å². The Bertz CT molecular complexity index is 649. The second kappa shape index (κ2) is 6.29. The fourth-order valence-corrected chi connectivity index (χ4v) is 3.56. The van der Waals surface area contributed by atoms with Gasteiger partial charge in [0.15, 0.2) is 0 Å². The first-order valence-corrected chi connectivity index (χ1v) is 7.39. The Morgan fingerprint density at radius 1 is 1.45 bits per heavy atom. The van der Waals surface area contributed by atoms with Gasteiger partial charge in [-0.05, 0) is 34.1 Å². The Hall–Kier alpha value is -1.52. The summed E-state index contributed by atoms with van der Waals surface area (Å²) in [6.07, 6.45) is -0.701. The van der Waals surface area contributed by atoms with Crippen LogP contribution in [-0.4, -0.2) is 31.4 Å². The van der Waals surface area contributed by atoms with E-state index in [0.29, 0.717) is 0 Å². The maximum absolute atomic E-state index is 12.9. The van der Waals surface area contributed by atoms with E-state index >= 15 is 0 Å². The molecule has 1 atom stereocenters. The number of primary amides is 1. The molecule has 1 aromatic carbocycles. The fraction of sp³-hybridized carbons (Fsp3) is 0.200. The van der Waals surface area contributed by atoms with E-state index < -0.39 is 40.2 Å². The number of sulfonamides is 1. The number of carbonyl (C=O) groups excluding carboxylic acids is 1. The number of benzene rings is 1. The van der Waals surface area contributed by atoms with E-state index in [1.165, 1.54) is 0 Å². The molecule has 4 N–H and O–H groups in total. The average Bonchev–Trinajstić information content (AvgIpc) is 2.26. The molecule has 0 aliphatic carbocycles. The number of nitrogens with two attached hydrogens (primary N) is 1. The van der Waals surface area contributed by atoms with Gasteiger partial charge in [0.2, 0.25) is 15.9 Å². The number of hydrogen-bond donors (Lipinski definition) is 3. The summed E-state index contributed by atoms with van der Waals surface area (Å²) in [5, 5.41) is 8.84. The number of carboxylic acids is 1. The zero-order valence-corrected chi connectivity index (χ0v) is 12.2. The van der Waals surface area contributed by atoms with Crippen LogP contribution >= 0.6 is 15.9 Å². The lowest BCUT2D eigenvalue weighted by Crippen LogP contribution is -2.43. The largest absolute Gasteiger partial charge is 0.480 e. The number of aliphatic carboxylic acids is 1. The van der Waals surface area contributed by atoms with E-state index in [1.807, 2.05) is 4.72 Å². The van der Waals surface area contributed by atoms with Crippen molar-refractivity contribution in [2.75, 3.05) is 0 Å².